The van der Waals surface area contributed by atoms with Gasteiger partial charge in [0.15, 0.2) is 0 Å². The third-order valence-corrected chi connectivity index (χ3v) is 8.08. The van der Waals surface area contributed by atoms with E-state index in [4.69, 9.17) is 95.5 Å². The van der Waals surface area contributed by atoms with E-state index in [0.29, 0.717) is 238 Å². The van der Waals surface area contributed by atoms with Gasteiger partial charge in [-0.25, -0.2) is 0 Å². The lowest BCUT2D eigenvalue weighted by Crippen LogP contribution is -2.15. The maximum atomic E-state index is 8.60. The van der Waals surface area contributed by atoms with Gasteiger partial charge in [-0.15, -0.1) is 0 Å². The number of aliphatic hydroxyl groups excluding tert-OH is 2. The monoisotopic (exact) mass is 915 g/mol. The zero-order chi connectivity index (χ0) is 43.7. The molecule has 0 radical (unpaired) electrons. The predicted molar refractivity (Wildman–Crippen MR) is 226 cm³/mol. The average Bonchev–Trinajstić information content (AvgIpc) is 3.27. The van der Waals surface area contributed by atoms with Gasteiger partial charge >= 0.3 is 0 Å². The van der Waals surface area contributed by atoms with Crippen LogP contribution in [0.5, 0.6) is 0 Å². The smallest absolute Gasteiger partial charge is 0.0701 e. The molecule has 0 atom stereocenters. The van der Waals surface area contributed by atoms with Crippen molar-refractivity contribution in [3.8, 4) is 0 Å². The van der Waals surface area contributed by atoms with Gasteiger partial charge < -0.3 is 95.5 Å². The molecule has 0 heterocycles. The van der Waals surface area contributed by atoms with Crippen LogP contribution in [0.2, 0.25) is 0 Å². The summed E-state index contributed by atoms with van der Waals surface area (Å²) < 4.78 is 97.8. The van der Waals surface area contributed by atoms with Crippen molar-refractivity contribution in [1.29, 1.82) is 0 Å². The Morgan fingerprint density at radius 1 is 0.164 bits per heavy atom. The largest absolute Gasteiger partial charge is 0.394 e. The lowest BCUT2D eigenvalue weighted by Gasteiger charge is -2.09. The van der Waals surface area contributed by atoms with E-state index in [1.807, 2.05) is 0 Å². The Labute approximate surface area is 369 Å². The van der Waals surface area contributed by atoms with Crippen molar-refractivity contribution in [1.82, 2.24) is 0 Å². The molecule has 21 heteroatoms. The SMILES string of the molecule is OCCOCCOCCOCCOCCOCCOCCOCCOCCOCCSCCOCCOCCOCCOCCOCCOCCOCCOCCOCCO. The quantitative estimate of drug-likeness (QED) is 0.0771. The second-order valence-electron chi connectivity index (χ2n) is 12.1. The number of aliphatic hydroxyl groups is 2. The van der Waals surface area contributed by atoms with E-state index >= 15 is 0 Å². The summed E-state index contributed by atoms with van der Waals surface area (Å²) in [6.07, 6.45) is 0. The van der Waals surface area contributed by atoms with Crippen molar-refractivity contribution in [2.24, 2.45) is 0 Å². The lowest BCUT2D eigenvalue weighted by molar-refractivity contribution is -0.0253. The van der Waals surface area contributed by atoms with E-state index in [-0.39, 0.29) is 13.2 Å². The van der Waals surface area contributed by atoms with Gasteiger partial charge in [-0.2, -0.15) is 11.8 Å². The number of hydrogen-bond acceptors (Lipinski definition) is 21. The van der Waals surface area contributed by atoms with Crippen LogP contribution in [0.1, 0.15) is 0 Å². The Morgan fingerprint density at radius 2 is 0.279 bits per heavy atom. The molecule has 368 valence electrons. The van der Waals surface area contributed by atoms with Crippen LogP contribution >= 0.6 is 11.8 Å². The van der Waals surface area contributed by atoms with Crippen molar-refractivity contribution in [3.63, 3.8) is 0 Å². The third-order valence-electron chi connectivity index (χ3n) is 7.17. The zero-order valence-electron chi connectivity index (χ0n) is 36.9. The molecule has 0 unspecified atom stereocenters. The van der Waals surface area contributed by atoms with E-state index in [1.54, 1.807) is 11.8 Å². The van der Waals surface area contributed by atoms with Gasteiger partial charge in [0.05, 0.1) is 251 Å². The Kier molecular flexibility index (Phi) is 59.1. The Bertz CT molecular complexity index is 699. The first-order valence-corrected chi connectivity index (χ1v) is 22.8. The molecular weight excluding hydrogens is 832 g/mol. The van der Waals surface area contributed by atoms with Crippen molar-refractivity contribution in [3.05, 3.63) is 0 Å². The number of hydrogen-bond donors (Lipinski definition) is 2. The van der Waals surface area contributed by atoms with Crippen LogP contribution in [0.25, 0.3) is 0 Å². The van der Waals surface area contributed by atoms with Crippen LogP contribution in [0.15, 0.2) is 0 Å². The average molecular weight is 915 g/mol. The summed E-state index contributed by atoms with van der Waals surface area (Å²) in [5.74, 6) is 1.81. The molecule has 0 amide bonds. The third kappa shape index (κ3) is 59.5. The summed E-state index contributed by atoms with van der Waals surface area (Å²) in [7, 11) is 0. The molecule has 20 nitrogen and oxygen atoms in total. The standard InChI is InChI=1S/C40H82O20S/c41-1-3-43-5-7-45-9-11-47-13-15-49-17-19-51-21-23-53-25-27-55-29-31-57-33-35-59-37-39-61-40-38-60-36-34-58-32-30-56-28-26-54-24-22-52-20-18-50-16-14-48-12-10-46-8-6-44-4-2-42/h41-42H,1-40H2. The molecule has 0 aromatic rings. The molecule has 0 aliphatic heterocycles. The van der Waals surface area contributed by atoms with Crippen molar-refractivity contribution >= 4 is 11.8 Å². The van der Waals surface area contributed by atoms with Crippen LogP contribution in [0.4, 0.5) is 0 Å². The highest BCUT2D eigenvalue weighted by Crippen LogP contribution is 1.99. The number of thioether (sulfide) groups is 1. The molecule has 0 saturated heterocycles. The molecule has 0 aliphatic rings. The first-order valence-electron chi connectivity index (χ1n) is 21.6. The fourth-order valence-corrected chi connectivity index (χ4v) is 4.87. The topological polar surface area (TPSA) is 207 Å². The minimum absolute atomic E-state index is 0.0215. The van der Waals surface area contributed by atoms with Crippen LogP contribution < -0.4 is 0 Å². The van der Waals surface area contributed by atoms with E-state index in [2.05, 4.69) is 0 Å². The minimum atomic E-state index is 0.0215. The maximum Gasteiger partial charge on any atom is 0.0701 e. The predicted octanol–water partition coefficient (Wildman–Crippen LogP) is 0.00300. The molecule has 0 saturated carbocycles. The van der Waals surface area contributed by atoms with Crippen LogP contribution in [0.3, 0.4) is 0 Å². The lowest BCUT2D eigenvalue weighted by atomic mass is 10.6. The van der Waals surface area contributed by atoms with Crippen molar-refractivity contribution < 1.29 is 95.5 Å². The van der Waals surface area contributed by atoms with Crippen LogP contribution in [-0.4, -0.2) is 273 Å². The second kappa shape index (κ2) is 59.5. The molecule has 0 bridgehead atoms. The summed E-state index contributed by atoms with van der Waals surface area (Å²) in [4.78, 5) is 0. The summed E-state index contributed by atoms with van der Waals surface area (Å²) in [6, 6.07) is 0. The summed E-state index contributed by atoms with van der Waals surface area (Å²) in [5.41, 5.74) is 0. The van der Waals surface area contributed by atoms with Gasteiger partial charge in [-0.05, 0) is 0 Å². The summed E-state index contributed by atoms with van der Waals surface area (Å²) in [5, 5.41) is 17.2. The minimum Gasteiger partial charge on any atom is -0.394 e. The number of ether oxygens (including phenoxy) is 18. The van der Waals surface area contributed by atoms with Gasteiger partial charge in [0.1, 0.15) is 0 Å². The van der Waals surface area contributed by atoms with Crippen LogP contribution in [0, 0.1) is 0 Å². The molecular formula is C40H82O20S. The maximum absolute atomic E-state index is 8.60. The zero-order valence-corrected chi connectivity index (χ0v) is 37.8. The number of rotatable bonds is 58. The Balaban J connectivity index is 3.06. The van der Waals surface area contributed by atoms with Crippen molar-refractivity contribution in [2.45, 2.75) is 0 Å². The summed E-state index contributed by atoms with van der Waals surface area (Å²) >= 11 is 1.79. The first kappa shape index (κ1) is 60.5. The van der Waals surface area contributed by atoms with Gasteiger partial charge in [0.25, 0.3) is 0 Å². The van der Waals surface area contributed by atoms with E-state index in [1.165, 1.54) is 0 Å². The first-order chi connectivity index (χ1) is 30.4. The van der Waals surface area contributed by atoms with E-state index in [0.717, 1.165) is 11.5 Å². The Morgan fingerprint density at radius 3 is 0.410 bits per heavy atom. The molecule has 0 aromatic heterocycles. The van der Waals surface area contributed by atoms with E-state index < -0.39 is 0 Å². The highest BCUT2D eigenvalue weighted by Gasteiger charge is 1.99. The molecule has 0 fully saturated rings. The molecule has 0 aliphatic carbocycles. The van der Waals surface area contributed by atoms with Crippen molar-refractivity contribution in [2.75, 3.05) is 263 Å². The molecule has 2 N–H and O–H groups in total. The van der Waals surface area contributed by atoms with Gasteiger partial charge in [-0.3, -0.25) is 0 Å². The highest BCUT2D eigenvalue weighted by atomic mass is 32.2. The summed E-state index contributed by atoms with van der Waals surface area (Å²) in [6.45, 7) is 18.2. The molecule has 61 heavy (non-hydrogen) atoms. The molecule has 0 aromatic carbocycles. The Hall–Kier alpha value is -0.450. The van der Waals surface area contributed by atoms with Gasteiger partial charge in [0, 0.05) is 11.5 Å². The van der Waals surface area contributed by atoms with Gasteiger partial charge in [-0.1, -0.05) is 0 Å². The highest BCUT2D eigenvalue weighted by molar-refractivity contribution is 7.99. The normalized spacial score (nSPS) is 11.7. The molecule has 0 spiro atoms. The van der Waals surface area contributed by atoms with Crippen LogP contribution in [-0.2, 0) is 85.3 Å². The fourth-order valence-electron chi connectivity index (χ4n) is 4.19. The van der Waals surface area contributed by atoms with Gasteiger partial charge in [0.2, 0.25) is 0 Å². The van der Waals surface area contributed by atoms with E-state index in [9.17, 15) is 0 Å². The fraction of sp³-hybridized carbons (Fsp3) is 1.00. The second-order valence-corrected chi connectivity index (χ2v) is 13.3. The molecule has 0 rings (SSSR count).